The number of carbonyl (C=O) groups is 1. The van der Waals surface area contributed by atoms with E-state index in [0.717, 1.165) is 16.6 Å². The molecule has 1 N–H and O–H groups in total. The summed E-state index contributed by atoms with van der Waals surface area (Å²) < 4.78 is 0.842. The fourth-order valence-corrected chi connectivity index (χ4v) is 1.97. The second-order valence-electron chi connectivity index (χ2n) is 4.04. The maximum atomic E-state index is 11.8. The van der Waals surface area contributed by atoms with Gasteiger partial charge in [-0.3, -0.25) is 4.79 Å². The van der Waals surface area contributed by atoms with Crippen LogP contribution < -0.4 is 5.32 Å². The number of halogens is 1. The number of carbonyl (C=O) groups excluding carboxylic acids is 1. The SMILES string of the molecule is Cc1ccc(C(=O)NCCN(C)C)c(Br)c1. The maximum Gasteiger partial charge on any atom is 0.252 e. The average Bonchev–Trinajstić information content (AvgIpc) is 2.16. The highest BCUT2D eigenvalue weighted by molar-refractivity contribution is 9.10. The van der Waals surface area contributed by atoms with Crippen molar-refractivity contribution >= 4 is 21.8 Å². The molecule has 0 spiro atoms. The molecule has 0 unspecified atom stereocenters. The molecular formula is C12H17BrN2O. The van der Waals surface area contributed by atoms with E-state index in [1.165, 1.54) is 0 Å². The van der Waals surface area contributed by atoms with E-state index >= 15 is 0 Å². The summed E-state index contributed by atoms with van der Waals surface area (Å²) in [6, 6.07) is 5.72. The van der Waals surface area contributed by atoms with Gasteiger partial charge in [0.1, 0.15) is 0 Å². The van der Waals surface area contributed by atoms with Crippen LogP contribution >= 0.6 is 15.9 Å². The first-order valence-corrected chi connectivity index (χ1v) is 5.99. The zero-order chi connectivity index (χ0) is 12.1. The number of likely N-dealkylation sites (N-methyl/N-ethyl adjacent to an activating group) is 1. The highest BCUT2D eigenvalue weighted by atomic mass is 79.9. The third-order valence-electron chi connectivity index (χ3n) is 2.21. The Labute approximate surface area is 105 Å². The molecule has 0 saturated heterocycles. The van der Waals surface area contributed by atoms with Crippen LogP contribution in [0.25, 0.3) is 0 Å². The molecule has 0 heterocycles. The zero-order valence-corrected chi connectivity index (χ0v) is 11.5. The summed E-state index contributed by atoms with van der Waals surface area (Å²) in [5.41, 5.74) is 1.82. The number of nitrogens with zero attached hydrogens (tertiary/aromatic N) is 1. The van der Waals surface area contributed by atoms with Gasteiger partial charge in [-0.15, -0.1) is 0 Å². The van der Waals surface area contributed by atoms with Crippen LogP contribution in [0.15, 0.2) is 22.7 Å². The molecule has 0 saturated carbocycles. The van der Waals surface area contributed by atoms with Gasteiger partial charge in [-0.05, 0) is 54.6 Å². The molecule has 0 aliphatic carbocycles. The van der Waals surface area contributed by atoms with Crippen molar-refractivity contribution in [2.24, 2.45) is 0 Å². The topological polar surface area (TPSA) is 32.3 Å². The minimum Gasteiger partial charge on any atom is -0.351 e. The summed E-state index contributed by atoms with van der Waals surface area (Å²) in [6.07, 6.45) is 0. The molecule has 0 aromatic heterocycles. The number of benzene rings is 1. The molecule has 4 heteroatoms. The highest BCUT2D eigenvalue weighted by Gasteiger charge is 2.08. The first-order valence-electron chi connectivity index (χ1n) is 5.20. The third kappa shape index (κ3) is 3.94. The van der Waals surface area contributed by atoms with Crippen LogP contribution in [0.4, 0.5) is 0 Å². The van der Waals surface area contributed by atoms with Crippen LogP contribution in [0.1, 0.15) is 15.9 Å². The molecule has 1 aromatic rings. The van der Waals surface area contributed by atoms with Gasteiger partial charge in [-0.1, -0.05) is 6.07 Å². The van der Waals surface area contributed by atoms with E-state index in [4.69, 9.17) is 0 Å². The van der Waals surface area contributed by atoms with E-state index in [2.05, 4.69) is 21.2 Å². The average molecular weight is 285 g/mol. The molecule has 0 aliphatic heterocycles. The van der Waals surface area contributed by atoms with Crippen molar-refractivity contribution < 1.29 is 4.79 Å². The lowest BCUT2D eigenvalue weighted by Crippen LogP contribution is -2.31. The van der Waals surface area contributed by atoms with Gasteiger partial charge in [-0.25, -0.2) is 0 Å². The van der Waals surface area contributed by atoms with Crippen LogP contribution in [0.3, 0.4) is 0 Å². The Morgan fingerprint density at radius 1 is 1.44 bits per heavy atom. The van der Waals surface area contributed by atoms with Gasteiger partial charge < -0.3 is 10.2 Å². The Balaban J connectivity index is 2.59. The molecule has 3 nitrogen and oxygen atoms in total. The van der Waals surface area contributed by atoms with Crippen LogP contribution in [0.5, 0.6) is 0 Å². The predicted octanol–water partition coefficient (Wildman–Crippen LogP) is 2.05. The van der Waals surface area contributed by atoms with E-state index in [-0.39, 0.29) is 5.91 Å². The molecule has 0 fully saturated rings. The Morgan fingerprint density at radius 2 is 2.12 bits per heavy atom. The minimum absolute atomic E-state index is 0.0336. The second kappa shape index (κ2) is 6.01. The van der Waals surface area contributed by atoms with Crippen molar-refractivity contribution in [1.82, 2.24) is 10.2 Å². The molecular weight excluding hydrogens is 268 g/mol. The summed E-state index contributed by atoms with van der Waals surface area (Å²) in [5, 5.41) is 2.88. The number of hydrogen-bond donors (Lipinski definition) is 1. The quantitative estimate of drug-likeness (QED) is 0.918. The van der Waals surface area contributed by atoms with Gasteiger partial charge in [0, 0.05) is 17.6 Å². The van der Waals surface area contributed by atoms with Crippen LogP contribution in [-0.4, -0.2) is 38.0 Å². The number of amides is 1. The fourth-order valence-electron chi connectivity index (χ4n) is 1.29. The summed E-state index contributed by atoms with van der Waals surface area (Å²) in [7, 11) is 3.96. The van der Waals surface area contributed by atoms with Crippen molar-refractivity contribution in [3.8, 4) is 0 Å². The number of nitrogens with one attached hydrogen (secondary N) is 1. The molecule has 0 radical (unpaired) electrons. The zero-order valence-electron chi connectivity index (χ0n) is 9.88. The smallest absolute Gasteiger partial charge is 0.252 e. The number of aryl methyl sites for hydroxylation is 1. The van der Waals surface area contributed by atoms with Crippen LogP contribution in [-0.2, 0) is 0 Å². The van der Waals surface area contributed by atoms with Crippen LogP contribution in [0, 0.1) is 6.92 Å². The molecule has 0 bridgehead atoms. The normalized spacial score (nSPS) is 10.6. The molecule has 0 atom stereocenters. The summed E-state index contributed by atoms with van der Waals surface area (Å²) in [4.78, 5) is 13.8. The standard InChI is InChI=1S/C12H17BrN2O/c1-9-4-5-10(11(13)8-9)12(16)14-6-7-15(2)3/h4-5,8H,6-7H2,1-3H3,(H,14,16). The molecule has 16 heavy (non-hydrogen) atoms. The molecule has 1 aromatic carbocycles. The van der Waals surface area contributed by atoms with Crippen molar-refractivity contribution in [2.75, 3.05) is 27.2 Å². The Hall–Kier alpha value is -0.870. The van der Waals surface area contributed by atoms with Gasteiger partial charge >= 0.3 is 0 Å². The molecule has 0 aliphatic rings. The van der Waals surface area contributed by atoms with Crippen molar-refractivity contribution in [3.05, 3.63) is 33.8 Å². The van der Waals surface area contributed by atoms with Crippen molar-refractivity contribution in [1.29, 1.82) is 0 Å². The molecule has 1 amide bonds. The van der Waals surface area contributed by atoms with Gasteiger partial charge in [0.25, 0.3) is 5.91 Å². The van der Waals surface area contributed by atoms with E-state index < -0.39 is 0 Å². The summed E-state index contributed by atoms with van der Waals surface area (Å²) >= 11 is 3.40. The van der Waals surface area contributed by atoms with E-state index in [1.807, 2.05) is 44.1 Å². The molecule has 1 rings (SSSR count). The van der Waals surface area contributed by atoms with E-state index in [9.17, 15) is 4.79 Å². The van der Waals surface area contributed by atoms with Gasteiger partial charge in [-0.2, -0.15) is 0 Å². The third-order valence-corrected chi connectivity index (χ3v) is 2.87. The lowest BCUT2D eigenvalue weighted by molar-refractivity contribution is 0.0950. The first-order chi connectivity index (χ1) is 7.50. The summed E-state index contributed by atoms with van der Waals surface area (Å²) in [6.45, 7) is 3.50. The number of rotatable bonds is 4. The van der Waals surface area contributed by atoms with Crippen LogP contribution in [0.2, 0.25) is 0 Å². The van der Waals surface area contributed by atoms with E-state index in [1.54, 1.807) is 0 Å². The fraction of sp³-hybridized carbons (Fsp3) is 0.417. The Kier molecular flexibility index (Phi) is 4.96. The Morgan fingerprint density at radius 3 is 2.69 bits per heavy atom. The van der Waals surface area contributed by atoms with Gasteiger partial charge in [0.15, 0.2) is 0 Å². The van der Waals surface area contributed by atoms with Gasteiger partial charge in [0.2, 0.25) is 0 Å². The van der Waals surface area contributed by atoms with Crippen molar-refractivity contribution in [3.63, 3.8) is 0 Å². The lowest BCUT2D eigenvalue weighted by Gasteiger charge is -2.11. The lowest BCUT2D eigenvalue weighted by atomic mass is 10.1. The largest absolute Gasteiger partial charge is 0.351 e. The second-order valence-corrected chi connectivity index (χ2v) is 4.90. The molecule has 88 valence electrons. The highest BCUT2D eigenvalue weighted by Crippen LogP contribution is 2.17. The number of hydrogen-bond acceptors (Lipinski definition) is 2. The van der Waals surface area contributed by atoms with Crippen molar-refractivity contribution in [2.45, 2.75) is 6.92 Å². The predicted molar refractivity (Wildman–Crippen MR) is 69.8 cm³/mol. The van der Waals surface area contributed by atoms with Gasteiger partial charge in [0.05, 0.1) is 5.56 Å². The monoisotopic (exact) mass is 284 g/mol. The first kappa shape index (κ1) is 13.2. The van der Waals surface area contributed by atoms with E-state index in [0.29, 0.717) is 12.1 Å². The Bertz CT molecular complexity index is 377. The summed E-state index contributed by atoms with van der Waals surface area (Å²) in [5.74, 6) is -0.0336. The minimum atomic E-state index is -0.0336. The maximum absolute atomic E-state index is 11.8.